The molecule has 0 saturated carbocycles. The molecule has 2 saturated heterocycles. The van der Waals surface area contributed by atoms with Crippen LogP contribution in [0.2, 0.25) is 0 Å². The minimum absolute atomic E-state index is 0. The molecular formula is C19H36ClN3O2. The number of piperidine rings is 2. The smallest absolute Gasteiger partial charge is 0.227 e. The zero-order chi connectivity index (χ0) is 17.7. The Morgan fingerprint density at radius 1 is 1.04 bits per heavy atom. The van der Waals surface area contributed by atoms with E-state index in [0.717, 1.165) is 58.4 Å². The molecule has 25 heavy (non-hydrogen) atoms. The average molecular weight is 374 g/mol. The molecule has 1 N–H and O–H groups in total. The lowest BCUT2D eigenvalue weighted by molar-refractivity contribution is -0.145. The van der Waals surface area contributed by atoms with Crippen molar-refractivity contribution in [3.8, 4) is 0 Å². The number of nitrogens with zero attached hydrogens (tertiary/aromatic N) is 2. The average Bonchev–Trinajstić information content (AvgIpc) is 2.58. The highest BCUT2D eigenvalue weighted by atomic mass is 35.5. The van der Waals surface area contributed by atoms with Crippen LogP contribution < -0.4 is 5.32 Å². The predicted molar refractivity (Wildman–Crippen MR) is 104 cm³/mol. The molecule has 2 aliphatic heterocycles. The van der Waals surface area contributed by atoms with E-state index in [-0.39, 0.29) is 35.6 Å². The van der Waals surface area contributed by atoms with Crippen molar-refractivity contribution in [1.82, 2.24) is 15.1 Å². The molecule has 6 heteroatoms. The lowest BCUT2D eigenvalue weighted by Crippen LogP contribution is -2.51. The second-order valence-electron chi connectivity index (χ2n) is 8.42. The first kappa shape index (κ1) is 22.2. The number of amides is 2. The van der Waals surface area contributed by atoms with Crippen LogP contribution in [0.15, 0.2) is 0 Å². The third-order valence-electron chi connectivity index (χ3n) is 5.31. The van der Waals surface area contributed by atoms with E-state index in [9.17, 15) is 9.59 Å². The number of carbonyl (C=O) groups is 2. The topological polar surface area (TPSA) is 52.7 Å². The summed E-state index contributed by atoms with van der Waals surface area (Å²) >= 11 is 0. The molecular weight excluding hydrogens is 338 g/mol. The molecule has 146 valence electrons. The van der Waals surface area contributed by atoms with Crippen LogP contribution in [0.4, 0.5) is 0 Å². The van der Waals surface area contributed by atoms with Crippen molar-refractivity contribution < 1.29 is 9.59 Å². The summed E-state index contributed by atoms with van der Waals surface area (Å²) in [5.41, 5.74) is -0.366. The van der Waals surface area contributed by atoms with Crippen molar-refractivity contribution in [2.24, 2.45) is 17.3 Å². The molecule has 0 aromatic heterocycles. The normalized spacial score (nSPS) is 22.5. The van der Waals surface area contributed by atoms with Crippen LogP contribution in [0.3, 0.4) is 0 Å². The molecule has 0 bridgehead atoms. The predicted octanol–water partition coefficient (Wildman–Crippen LogP) is 2.54. The van der Waals surface area contributed by atoms with Crippen LogP contribution in [0.1, 0.15) is 53.4 Å². The molecule has 2 aliphatic rings. The van der Waals surface area contributed by atoms with E-state index in [1.54, 1.807) is 0 Å². The van der Waals surface area contributed by atoms with Crippen molar-refractivity contribution >= 4 is 24.2 Å². The van der Waals surface area contributed by atoms with E-state index in [1.807, 2.05) is 30.6 Å². The summed E-state index contributed by atoms with van der Waals surface area (Å²) in [6.07, 6.45) is 4.05. The number of halogens is 1. The number of hydrogen-bond donors (Lipinski definition) is 1. The quantitative estimate of drug-likeness (QED) is 0.823. The SMILES string of the molecule is CCNCC1CCN(C(=O)C2CCCN(C(=O)C(C)(C)C)C2)CC1.Cl. The molecule has 1 atom stereocenters. The molecule has 5 nitrogen and oxygen atoms in total. The van der Waals surface area contributed by atoms with Crippen molar-refractivity contribution in [3.63, 3.8) is 0 Å². The lowest BCUT2D eigenvalue weighted by atomic mass is 9.90. The molecule has 2 amide bonds. The molecule has 0 aromatic carbocycles. The van der Waals surface area contributed by atoms with Gasteiger partial charge in [0.15, 0.2) is 0 Å². The van der Waals surface area contributed by atoms with Gasteiger partial charge in [0.05, 0.1) is 5.92 Å². The van der Waals surface area contributed by atoms with Gasteiger partial charge in [0, 0.05) is 31.6 Å². The summed E-state index contributed by atoms with van der Waals surface area (Å²) in [5, 5.41) is 3.41. The number of hydrogen-bond acceptors (Lipinski definition) is 3. The Balaban J connectivity index is 0.00000312. The number of likely N-dealkylation sites (tertiary alicyclic amines) is 2. The van der Waals surface area contributed by atoms with E-state index >= 15 is 0 Å². The molecule has 2 rings (SSSR count). The lowest BCUT2D eigenvalue weighted by Gasteiger charge is -2.39. The van der Waals surface area contributed by atoms with Gasteiger partial charge in [-0.25, -0.2) is 0 Å². The summed E-state index contributed by atoms with van der Waals surface area (Å²) in [6, 6.07) is 0. The maximum Gasteiger partial charge on any atom is 0.227 e. The van der Waals surface area contributed by atoms with Gasteiger partial charge in [0.2, 0.25) is 11.8 Å². The van der Waals surface area contributed by atoms with Crippen LogP contribution in [0, 0.1) is 17.3 Å². The first-order valence-corrected chi connectivity index (χ1v) is 9.61. The zero-order valence-electron chi connectivity index (χ0n) is 16.3. The monoisotopic (exact) mass is 373 g/mol. The second-order valence-corrected chi connectivity index (χ2v) is 8.42. The summed E-state index contributed by atoms with van der Waals surface area (Å²) in [4.78, 5) is 29.3. The molecule has 2 heterocycles. The van der Waals surface area contributed by atoms with Crippen LogP contribution in [-0.2, 0) is 9.59 Å². The van der Waals surface area contributed by atoms with Gasteiger partial charge in [0.25, 0.3) is 0 Å². The van der Waals surface area contributed by atoms with Crippen molar-refractivity contribution in [3.05, 3.63) is 0 Å². The van der Waals surface area contributed by atoms with Crippen molar-refractivity contribution in [1.29, 1.82) is 0 Å². The van der Waals surface area contributed by atoms with Gasteiger partial charge >= 0.3 is 0 Å². The van der Waals surface area contributed by atoms with Gasteiger partial charge in [-0.1, -0.05) is 27.7 Å². The zero-order valence-corrected chi connectivity index (χ0v) is 17.2. The standard InChI is InChI=1S/C19H35N3O2.ClH/c1-5-20-13-15-8-11-21(12-9-15)17(23)16-7-6-10-22(14-16)18(24)19(2,3)4;/h15-16,20H,5-14H2,1-4H3;1H. The molecule has 0 radical (unpaired) electrons. The highest BCUT2D eigenvalue weighted by Crippen LogP contribution is 2.26. The van der Waals surface area contributed by atoms with E-state index in [0.29, 0.717) is 12.5 Å². The Morgan fingerprint density at radius 3 is 2.24 bits per heavy atom. The minimum Gasteiger partial charge on any atom is -0.342 e. The highest BCUT2D eigenvalue weighted by molar-refractivity contribution is 5.85. The third-order valence-corrected chi connectivity index (χ3v) is 5.31. The molecule has 0 spiro atoms. The van der Waals surface area contributed by atoms with E-state index in [2.05, 4.69) is 12.2 Å². The van der Waals surface area contributed by atoms with Gasteiger partial charge in [-0.05, 0) is 44.7 Å². The Labute approximate surface area is 159 Å². The number of carbonyl (C=O) groups excluding carboxylic acids is 2. The summed E-state index contributed by atoms with van der Waals surface area (Å²) in [5.74, 6) is 1.13. The van der Waals surface area contributed by atoms with Crippen molar-refractivity contribution in [2.75, 3.05) is 39.3 Å². The van der Waals surface area contributed by atoms with Gasteiger partial charge in [-0.3, -0.25) is 9.59 Å². The summed E-state index contributed by atoms with van der Waals surface area (Å²) in [6.45, 7) is 13.2. The van der Waals surface area contributed by atoms with Gasteiger partial charge in [-0.2, -0.15) is 0 Å². The van der Waals surface area contributed by atoms with E-state index in [4.69, 9.17) is 0 Å². The van der Waals surface area contributed by atoms with Gasteiger partial charge in [0.1, 0.15) is 0 Å². The van der Waals surface area contributed by atoms with Crippen LogP contribution in [0.5, 0.6) is 0 Å². The summed E-state index contributed by atoms with van der Waals surface area (Å²) in [7, 11) is 0. The van der Waals surface area contributed by atoms with E-state index < -0.39 is 0 Å². The van der Waals surface area contributed by atoms with Crippen LogP contribution in [-0.4, -0.2) is 60.9 Å². The fourth-order valence-corrected chi connectivity index (χ4v) is 3.80. The number of nitrogens with one attached hydrogen (secondary N) is 1. The Bertz CT molecular complexity index is 442. The molecule has 1 unspecified atom stereocenters. The summed E-state index contributed by atoms with van der Waals surface area (Å²) < 4.78 is 0. The van der Waals surface area contributed by atoms with E-state index in [1.165, 1.54) is 0 Å². The fraction of sp³-hybridized carbons (Fsp3) is 0.895. The maximum atomic E-state index is 12.9. The van der Waals surface area contributed by atoms with Crippen molar-refractivity contribution in [2.45, 2.75) is 53.4 Å². The van der Waals surface area contributed by atoms with Crippen LogP contribution in [0.25, 0.3) is 0 Å². The fourth-order valence-electron chi connectivity index (χ4n) is 3.80. The third kappa shape index (κ3) is 6.14. The Morgan fingerprint density at radius 2 is 1.68 bits per heavy atom. The second kappa shape index (κ2) is 9.77. The molecule has 0 aromatic rings. The first-order chi connectivity index (χ1) is 11.3. The Hall–Kier alpha value is -0.810. The molecule has 0 aliphatic carbocycles. The largest absolute Gasteiger partial charge is 0.342 e. The minimum atomic E-state index is -0.366. The number of rotatable bonds is 4. The van der Waals surface area contributed by atoms with Gasteiger partial charge in [-0.15, -0.1) is 12.4 Å². The highest BCUT2D eigenvalue weighted by Gasteiger charge is 2.35. The first-order valence-electron chi connectivity index (χ1n) is 9.61. The maximum absolute atomic E-state index is 12.9. The van der Waals surface area contributed by atoms with Gasteiger partial charge < -0.3 is 15.1 Å². The Kier molecular flexibility index (Phi) is 8.69. The van der Waals surface area contributed by atoms with Crippen LogP contribution >= 0.6 is 12.4 Å². The molecule has 2 fully saturated rings.